The molecular weight excluding hydrogens is 390 g/mol. The molecule has 1 fully saturated rings. The van der Waals surface area contributed by atoms with Crippen LogP contribution in [0.2, 0.25) is 0 Å². The molecule has 1 heterocycles. The molecule has 29 heavy (non-hydrogen) atoms. The first kappa shape index (κ1) is 21.2. The predicted molar refractivity (Wildman–Crippen MR) is 109 cm³/mol. The van der Waals surface area contributed by atoms with Gasteiger partial charge in [0.2, 0.25) is 10.0 Å². The quantitative estimate of drug-likeness (QED) is 0.551. The van der Waals surface area contributed by atoms with E-state index in [2.05, 4.69) is 0 Å². The van der Waals surface area contributed by atoms with Crippen molar-refractivity contribution in [3.63, 3.8) is 0 Å². The van der Waals surface area contributed by atoms with E-state index in [-0.39, 0.29) is 4.90 Å². The van der Waals surface area contributed by atoms with Crippen LogP contribution in [0.5, 0.6) is 0 Å². The second-order valence-corrected chi connectivity index (χ2v) is 8.96. The number of nitrogens with zero attached hydrogens (tertiary/aromatic N) is 1. The summed E-state index contributed by atoms with van der Waals surface area (Å²) in [4.78, 5) is 11.9. The zero-order valence-electron chi connectivity index (χ0n) is 16.9. The average Bonchev–Trinajstić information content (AvgIpc) is 3.07. The standard InChI is InChI=1S/C22H25NO5S/c1-15-10-12-19(13-11-15)29(25,26)23-17(3)21(18-8-6-5-7-9-18)28-22(23)16(2)14-20(24)27-4/h5-14,17,21-22H,1-4H3/b16-14+/t17-,21-,22-/m0/s1. The topological polar surface area (TPSA) is 72.9 Å². The Kier molecular flexibility index (Phi) is 6.21. The number of hydrogen-bond donors (Lipinski definition) is 0. The van der Waals surface area contributed by atoms with E-state index in [1.165, 1.54) is 17.5 Å². The Morgan fingerprint density at radius 2 is 1.72 bits per heavy atom. The number of rotatable bonds is 5. The zero-order chi connectivity index (χ0) is 21.2. The molecule has 0 saturated carbocycles. The molecule has 3 rings (SSSR count). The molecule has 1 aliphatic rings. The van der Waals surface area contributed by atoms with Crippen LogP contribution in [0.3, 0.4) is 0 Å². The summed E-state index contributed by atoms with van der Waals surface area (Å²) >= 11 is 0. The smallest absolute Gasteiger partial charge is 0.330 e. The van der Waals surface area contributed by atoms with Crippen LogP contribution in [0.1, 0.15) is 31.1 Å². The van der Waals surface area contributed by atoms with Gasteiger partial charge in [0.1, 0.15) is 12.3 Å². The van der Waals surface area contributed by atoms with Crippen LogP contribution in [0, 0.1) is 6.92 Å². The zero-order valence-corrected chi connectivity index (χ0v) is 17.7. The van der Waals surface area contributed by atoms with E-state index in [9.17, 15) is 13.2 Å². The van der Waals surface area contributed by atoms with E-state index in [1.54, 1.807) is 31.2 Å². The number of sulfonamides is 1. The van der Waals surface area contributed by atoms with Crippen molar-refractivity contribution in [2.45, 2.75) is 44.0 Å². The second-order valence-electron chi connectivity index (χ2n) is 7.12. The molecule has 7 heteroatoms. The molecule has 0 aliphatic carbocycles. The van der Waals surface area contributed by atoms with Crippen molar-refractivity contribution < 1.29 is 22.7 Å². The maximum Gasteiger partial charge on any atom is 0.330 e. The van der Waals surface area contributed by atoms with Gasteiger partial charge in [-0.3, -0.25) is 0 Å². The highest BCUT2D eigenvalue weighted by atomic mass is 32.2. The Morgan fingerprint density at radius 1 is 1.10 bits per heavy atom. The van der Waals surface area contributed by atoms with E-state index in [4.69, 9.17) is 9.47 Å². The van der Waals surface area contributed by atoms with Crippen LogP contribution < -0.4 is 0 Å². The Balaban J connectivity index is 2.07. The van der Waals surface area contributed by atoms with E-state index in [0.29, 0.717) is 5.57 Å². The van der Waals surface area contributed by atoms with Gasteiger partial charge >= 0.3 is 5.97 Å². The van der Waals surface area contributed by atoms with Gasteiger partial charge in [-0.05, 0) is 44.0 Å². The van der Waals surface area contributed by atoms with Gasteiger partial charge in [0.25, 0.3) is 0 Å². The van der Waals surface area contributed by atoms with Gasteiger partial charge in [-0.1, -0.05) is 48.0 Å². The van der Waals surface area contributed by atoms with Crippen molar-refractivity contribution in [1.29, 1.82) is 0 Å². The van der Waals surface area contributed by atoms with Crippen molar-refractivity contribution in [3.8, 4) is 0 Å². The van der Waals surface area contributed by atoms with Crippen molar-refractivity contribution in [3.05, 3.63) is 77.4 Å². The molecule has 2 aromatic rings. The van der Waals surface area contributed by atoms with Gasteiger partial charge in [0, 0.05) is 6.08 Å². The Labute approximate surface area is 171 Å². The monoisotopic (exact) mass is 415 g/mol. The maximum absolute atomic E-state index is 13.5. The number of carbonyl (C=O) groups is 1. The highest BCUT2D eigenvalue weighted by Crippen LogP contribution is 2.40. The minimum Gasteiger partial charge on any atom is -0.466 e. The molecule has 0 radical (unpaired) electrons. The molecule has 1 saturated heterocycles. The number of methoxy groups -OCH3 is 1. The predicted octanol–water partition coefficient (Wildman–Crippen LogP) is 3.59. The largest absolute Gasteiger partial charge is 0.466 e. The fourth-order valence-electron chi connectivity index (χ4n) is 3.46. The van der Waals surface area contributed by atoms with Gasteiger partial charge < -0.3 is 9.47 Å². The van der Waals surface area contributed by atoms with E-state index in [1.807, 2.05) is 44.2 Å². The first-order valence-electron chi connectivity index (χ1n) is 9.32. The summed E-state index contributed by atoms with van der Waals surface area (Å²) in [5.41, 5.74) is 2.30. The first-order chi connectivity index (χ1) is 13.8. The summed E-state index contributed by atoms with van der Waals surface area (Å²) in [6, 6.07) is 15.7. The number of esters is 1. The number of aryl methyl sites for hydroxylation is 1. The van der Waals surface area contributed by atoms with Crippen LogP contribution in [-0.4, -0.2) is 38.1 Å². The van der Waals surface area contributed by atoms with Gasteiger partial charge in [-0.25, -0.2) is 13.2 Å². The molecule has 2 aromatic carbocycles. The number of ether oxygens (including phenoxy) is 2. The molecule has 3 atom stereocenters. The summed E-state index contributed by atoms with van der Waals surface area (Å²) in [5, 5.41) is 0. The van der Waals surface area contributed by atoms with Crippen molar-refractivity contribution in [2.75, 3.05) is 7.11 Å². The molecule has 6 nitrogen and oxygen atoms in total. The minimum absolute atomic E-state index is 0.183. The van der Waals surface area contributed by atoms with Gasteiger partial charge in [-0.2, -0.15) is 4.31 Å². The Bertz CT molecular complexity index is 999. The van der Waals surface area contributed by atoms with E-state index < -0.39 is 34.4 Å². The Hall–Kier alpha value is -2.48. The summed E-state index contributed by atoms with van der Waals surface area (Å²) in [6.07, 6.45) is -0.120. The molecule has 154 valence electrons. The lowest BCUT2D eigenvalue weighted by Gasteiger charge is -2.26. The first-order valence-corrected chi connectivity index (χ1v) is 10.8. The third-order valence-electron chi connectivity index (χ3n) is 5.01. The lowest BCUT2D eigenvalue weighted by atomic mass is 10.0. The van der Waals surface area contributed by atoms with Crippen LogP contribution in [0.25, 0.3) is 0 Å². The summed E-state index contributed by atoms with van der Waals surface area (Å²) in [6.45, 7) is 5.38. The lowest BCUT2D eigenvalue weighted by Crippen LogP contribution is -2.41. The number of benzene rings is 2. The van der Waals surface area contributed by atoms with E-state index >= 15 is 0 Å². The van der Waals surface area contributed by atoms with Gasteiger partial charge in [0.15, 0.2) is 0 Å². The molecule has 0 N–H and O–H groups in total. The van der Waals surface area contributed by atoms with Crippen LogP contribution in [0.4, 0.5) is 0 Å². The summed E-state index contributed by atoms with van der Waals surface area (Å²) in [5.74, 6) is -0.561. The molecule has 0 bridgehead atoms. The SMILES string of the molecule is COC(=O)/C=C(\C)[C@@H]1O[C@H](c2ccccc2)[C@H](C)N1S(=O)(=O)c1ccc(C)cc1. The minimum atomic E-state index is -3.87. The van der Waals surface area contributed by atoms with Gasteiger partial charge in [-0.15, -0.1) is 0 Å². The number of hydrogen-bond acceptors (Lipinski definition) is 5. The normalized spacial score (nSPS) is 23.2. The van der Waals surface area contributed by atoms with Crippen LogP contribution >= 0.6 is 0 Å². The molecule has 1 aliphatic heterocycles. The average molecular weight is 416 g/mol. The second kappa shape index (κ2) is 8.49. The molecular formula is C22H25NO5S. The number of carbonyl (C=O) groups excluding carboxylic acids is 1. The van der Waals surface area contributed by atoms with Crippen LogP contribution in [-0.2, 0) is 24.3 Å². The highest BCUT2D eigenvalue weighted by Gasteiger charge is 2.48. The highest BCUT2D eigenvalue weighted by molar-refractivity contribution is 7.89. The third-order valence-corrected chi connectivity index (χ3v) is 6.95. The molecule has 0 aromatic heterocycles. The third kappa shape index (κ3) is 4.27. The fraction of sp³-hybridized carbons (Fsp3) is 0.318. The van der Waals surface area contributed by atoms with Crippen molar-refractivity contribution in [1.82, 2.24) is 4.31 Å². The maximum atomic E-state index is 13.5. The molecule has 0 amide bonds. The fourth-order valence-corrected chi connectivity index (χ4v) is 5.20. The van der Waals surface area contributed by atoms with Crippen molar-refractivity contribution >= 4 is 16.0 Å². The lowest BCUT2D eigenvalue weighted by molar-refractivity contribution is -0.135. The van der Waals surface area contributed by atoms with E-state index in [0.717, 1.165) is 11.1 Å². The summed E-state index contributed by atoms with van der Waals surface area (Å²) < 4.78 is 39.2. The van der Waals surface area contributed by atoms with Crippen LogP contribution in [0.15, 0.2) is 71.1 Å². The Morgan fingerprint density at radius 3 is 2.31 bits per heavy atom. The van der Waals surface area contributed by atoms with Gasteiger partial charge in [0.05, 0.1) is 18.0 Å². The molecule has 0 unspecified atom stereocenters. The molecule has 0 spiro atoms. The van der Waals surface area contributed by atoms with Crippen molar-refractivity contribution in [2.24, 2.45) is 0 Å². The summed E-state index contributed by atoms with van der Waals surface area (Å²) in [7, 11) is -2.59.